The monoisotopic (exact) mass is 1150 g/mol. The molecule has 0 amide bonds. The standard InChI is InChI=1S/C76H140O6/c1-4-7-10-13-16-19-21-23-25-27-29-31-33-35-36-37-38-39-40-42-43-45-47-49-51-53-55-57-60-63-66-69-75(78)81-72-73(71-80-74(77)68-65-62-59-18-15-12-9-6-3)82-76(79)70-67-64-61-58-56-54-52-50-48-46-44-41-34-32-30-28-26-24-22-20-17-14-11-8-5-2/h21,23,27-30,33,35,73H,4-20,22,24-26,31-32,34,36-72H2,1-3H3/b23-21-,29-27-,30-28-,35-33-. The highest BCUT2D eigenvalue weighted by Crippen LogP contribution is 2.18. The number of hydrogen-bond acceptors (Lipinski definition) is 6. The van der Waals surface area contributed by atoms with E-state index in [9.17, 15) is 14.4 Å². The number of hydrogen-bond donors (Lipinski definition) is 0. The zero-order chi connectivity index (χ0) is 59.2. The molecule has 6 nitrogen and oxygen atoms in total. The Morgan fingerprint density at radius 1 is 0.244 bits per heavy atom. The van der Waals surface area contributed by atoms with E-state index in [-0.39, 0.29) is 31.1 Å². The largest absolute Gasteiger partial charge is 0.462 e. The first kappa shape index (κ1) is 79.4. The van der Waals surface area contributed by atoms with Crippen molar-refractivity contribution in [1.82, 2.24) is 0 Å². The zero-order valence-corrected chi connectivity index (χ0v) is 55.3. The molecule has 480 valence electrons. The maximum absolute atomic E-state index is 12.9. The number of rotatable bonds is 68. The number of carbonyl (C=O) groups is 3. The van der Waals surface area contributed by atoms with Gasteiger partial charge in [0.2, 0.25) is 0 Å². The first-order valence-electron chi connectivity index (χ1n) is 36.6. The summed E-state index contributed by atoms with van der Waals surface area (Å²) >= 11 is 0. The van der Waals surface area contributed by atoms with Gasteiger partial charge in [0.15, 0.2) is 6.10 Å². The molecule has 0 heterocycles. The molecule has 0 aliphatic rings. The molecule has 0 saturated heterocycles. The summed E-state index contributed by atoms with van der Waals surface area (Å²) in [6.45, 7) is 6.66. The lowest BCUT2D eigenvalue weighted by Crippen LogP contribution is -2.30. The number of ether oxygens (including phenoxy) is 3. The van der Waals surface area contributed by atoms with Crippen LogP contribution in [0.1, 0.15) is 400 Å². The molecule has 0 aliphatic heterocycles. The highest BCUT2D eigenvalue weighted by Gasteiger charge is 2.19. The molecule has 0 aliphatic carbocycles. The number of esters is 3. The summed E-state index contributed by atoms with van der Waals surface area (Å²) in [6, 6.07) is 0. The van der Waals surface area contributed by atoms with Crippen LogP contribution in [0.25, 0.3) is 0 Å². The third-order valence-electron chi connectivity index (χ3n) is 16.6. The van der Waals surface area contributed by atoms with Crippen LogP contribution in [0.5, 0.6) is 0 Å². The van der Waals surface area contributed by atoms with Crippen LogP contribution in [0.3, 0.4) is 0 Å². The average Bonchev–Trinajstić information content (AvgIpc) is 3.47. The molecule has 0 spiro atoms. The van der Waals surface area contributed by atoms with E-state index in [0.717, 1.165) is 70.6 Å². The highest BCUT2D eigenvalue weighted by atomic mass is 16.6. The second-order valence-electron chi connectivity index (χ2n) is 24.9. The molecule has 0 bridgehead atoms. The van der Waals surface area contributed by atoms with E-state index in [2.05, 4.69) is 69.4 Å². The molecular formula is C76H140O6. The fraction of sp³-hybridized carbons (Fsp3) is 0.855. The Labute approximate surface area is 511 Å². The van der Waals surface area contributed by atoms with E-state index in [0.29, 0.717) is 19.3 Å². The quantitative estimate of drug-likeness (QED) is 0.0261. The van der Waals surface area contributed by atoms with Crippen molar-refractivity contribution in [2.45, 2.75) is 406 Å². The zero-order valence-electron chi connectivity index (χ0n) is 55.3. The van der Waals surface area contributed by atoms with Crippen molar-refractivity contribution >= 4 is 17.9 Å². The van der Waals surface area contributed by atoms with Crippen molar-refractivity contribution in [1.29, 1.82) is 0 Å². The summed E-state index contributed by atoms with van der Waals surface area (Å²) in [7, 11) is 0. The van der Waals surface area contributed by atoms with Crippen LogP contribution in [0.2, 0.25) is 0 Å². The van der Waals surface area contributed by atoms with Crippen LogP contribution in [0.15, 0.2) is 48.6 Å². The first-order valence-corrected chi connectivity index (χ1v) is 36.6. The molecule has 0 aromatic carbocycles. The van der Waals surface area contributed by atoms with Crippen LogP contribution in [-0.2, 0) is 28.6 Å². The minimum atomic E-state index is -0.770. The van der Waals surface area contributed by atoms with Crippen molar-refractivity contribution in [3.63, 3.8) is 0 Å². The molecule has 1 atom stereocenters. The maximum Gasteiger partial charge on any atom is 0.306 e. The van der Waals surface area contributed by atoms with Crippen molar-refractivity contribution in [2.75, 3.05) is 13.2 Å². The van der Waals surface area contributed by atoms with Gasteiger partial charge in [-0.2, -0.15) is 0 Å². The van der Waals surface area contributed by atoms with Crippen molar-refractivity contribution in [3.05, 3.63) is 48.6 Å². The number of unbranched alkanes of at least 4 members (excludes halogenated alkanes) is 49. The van der Waals surface area contributed by atoms with Crippen LogP contribution in [0.4, 0.5) is 0 Å². The van der Waals surface area contributed by atoms with Gasteiger partial charge in [0.05, 0.1) is 0 Å². The Bertz CT molecular complexity index is 1410. The molecular weight excluding hydrogens is 1010 g/mol. The molecule has 0 N–H and O–H groups in total. The fourth-order valence-corrected chi connectivity index (χ4v) is 11.0. The van der Waals surface area contributed by atoms with Gasteiger partial charge in [0.1, 0.15) is 13.2 Å². The second kappa shape index (κ2) is 70.9. The van der Waals surface area contributed by atoms with Gasteiger partial charge in [0.25, 0.3) is 0 Å². The van der Waals surface area contributed by atoms with Gasteiger partial charge >= 0.3 is 17.9 Å². The lowest BCUT2D eigenvalue weighted by molar-refractivity contribution is -0.167. The SMILES string of the molecule is CCCCCCC/C=C\C/C=C\C/C=C\CCCCCCCCCCCCCCCCCCC(=O)OCC(COC(=O)CCCCCCCCCC)OC(=O)CCCCCCCCCCCCCCC/C=C\CCCCCCCCCC. The first-order chi connectivity index (χ1) is 40.5. The maximum atomic E-state index is 12.9. The van der Waals surface area contributed by atoms with Gasteiger partial charge in [-0.1, -0.05) is 345 Å². The molecule has 0 aromatic rings. The van der Waals surface area contributed by atoms with Crippen molar-refractivity contribution < 1.29 is 28.6 Å². The van der Waals surface area contributed by atoms with E-state index in [1.165, 1.54) is 289 Å². The Morgan fingerprint density at radius 2 is 0.439 bits per heavy atom. The van der Waals surface area contributed by atoms with Gasteiger partial charge in [-0.25, -0.2) is 0 Å². The minimum absolute atomic E-state index is 0.0679. The van der Waals surface area contributed by atoms with Crippen LogP contribution >= 0.6 is 0 Å². The van der Waals surface area contributed by atoms with Crippen LogP contribution < -0.4 is 0 Å². The predicted molar refractivity (Wildman–Crippen MR) is 358 cm³/mol. The summed E-state index contributed by atoms with van der Waals surface area (Å²) < 4.78 is 16.9. The average molecular weight is 1150 g/mol. The van der Waals surface area contributed by atoms with E-state index in [1.807, 2.05) is 0 Å². The molecule has 0 radical (unpaired) electrons. The van der Waals surface area contributed by atoms with Gasteiger partial charge in [-0.3, -0.25) is 14.4 Å². The fourth-order valence-electron chi connectivity index (χ4n) is 11.0. The molecule has 0 aromatic heterocycles. The summed E-state index contributed by atoms with van der Waals surface area (Å²) in [5.74, 6) is -0.847. The molecule has 82 heavy (non-hydrogen) atoms. The highest BCUT2D eigenvalue weighted by molar-refractivity contribution is 5.71. The normalized spacial score (nSPS) is 12.3. The summed E-state index contributed by atoms with van der Waals surface area (Å²) in [6.07, 6.45) is 90.3. The van der Waals surface area contributed by atoms with E-state index < -0.39 is 6.10 Å². The van der Waals surface area contributed by atoms with E-state index >= 15 is 0 Å². The third kappa shape index (κ3) is 68.2. The third-order valence-corrected chi connectivity index (χ3v) is 16.6. The second-order valence-corrected chi connectivity index (χ2v) is 24.9. The van der Waals surface area contributed by atoms with Crippen LogP contribution in [0, 0.1) is 0 Å². The number of carbonyl (C=O) groups excluding carboxylic acids is 3. The molecule has 6 heteroatoms. The lowest BCUT2D eigenvalue weighted by Gasteiger charge is -2.18. The van der Waals surface area contributed by atoms with E-state index in [4.69, 9.17) is 14.2 Å². The van der Waals surface area contributed by atoms with Crippen molar-refractivity contribution in [3.8, 4) is 0 Å². The van der Waals surface area contributed by atoms with E-state index in [1.54, 1.807) is 0 Å². The minimum Gasteiger partial charge on any atom is -0.462 e. The number of allylic oxidation sites excluding steroid dienone is 8. The predicted octanol–water partition coefficient (Wildman–Crippen LogP) is 25.3. The smallest absolute Gasteiger partial charge is 0.306 e. The molecule has 0 fully saturated rings. The Balaban J connectivity index is 4.05. The molecule has 0 saturated carbocycles. The summed E-state index contributed by atoms with van der Waals surface area (Å²) in [4.78, 5) is 38.3. The Hall–Kier alpha value is -2.63. The molecule has 1 unspecified atom stereocenters. The van der Waals surface area contributed by atoms with Crippen LogP contribution in [-0.4, -0.2) is 37.2 Å². The Morgan fingerprint density at radius 3 is 0.695 bits per heavy atom. The lowest BCUT2D eigenvalue weighted by atomic mass is 10.0. The van der Waals surface area contributed by atoms with Crippen molar-refractivity contribution in [2.24, 2.45) is 0 Å². The van der Waals surface area contributed by atoms with Gasteiger partial charge in [-0.05, 0) is 83.5 Å². The molecule has 0 rings (SSSR count). The topological polar surface area (TPSA) is 78.9 Å². The Kier molecular flexibility index (Phi) is 68.6. The van der Waals surface area contributed by atoms with Gasteiger partial charge in [-0.15, -0.1) is 0 Å². The van der Waals surface area contributed by atoms with Gasteiger partial charge in [0, 0.05) is 19.3 Å². The summed E-state index contributed by atoms with van der Waals surface area (Å²) in [5, 5.41) is 0. The van der Waals surface area contributed by atoms with Gasteiger partial charge < -0.3 is 14.2 Å². The summed E-state index contributed by atoms with van der Waals surface area (Å²) in [5.41, 5.74) is 0.